The number of phenolic OH excluding ortho intramolecular Hbond substituents is 1. The van der Waals surface area contributed by atoms with E-state index in [0.29, 0.717) is 11.8 Å². The van der Waals surface area contributed by atoms with Crippen molar-refractivity contribution in [1.29, 1.82) is 0 Å². The minimum atomic E-state index is -0.914. The van der Waals surface area contributed by atoms with Crippen LogP contribution in [-0.2, 0) is 19.1 Å². The molecule has 0 aromatic heterocycles. The van der Waals surface area contributed by atoms with Crippen LogP contribution < -0.4 is 0 Å². The van der Waals surface area contributed by atoms with Crippen LogP contribution in [0.15, 0.2) is 16.6 Å². The third kappa shape index (κ3) is 3.57. The maximum Gasteiger partial charge on any atom is 0.313 e. The van der Waals surface area contributed by atoms with Crippen LogP contribution in [0.3, 0.4) is 0 Å². The largest absolute Gasteiger partial charge is 0.506 e. The van der Waals surface area contributed by atoms with Gasteiger partial charge in [-0.05, 0) is 33.6 Å². The highest BCUT2D eigenvalue weighted by Gasteiger charge is 2.26. The third-order valence-electron chi connectivity index (χ3n) is 2.73. The Balaban J connectivity index is 3.26. The zero-order valence-corrected chi connectivity index (χ0v) is 12.5. The Morgan fingerprint density at radius 2 is 2.00 bits per heavy atom. The Kier molecular flexibility index (Phi) is 5.69. The van der Waals surface area contributed by atoms with Gasteiger partial charge in [-0.1, -0.05) is 0 Å². The fourth-order valence-corrected chi connectivity index (χ4v) is 2.16. The summed E-state index contributed by atoms with van der Waals surface area (Å²) in [7, 11) is 2.41. The summed E-state index contributed by atoms with van der Waals surface area (Å²) in [5.74, 6) is -2.37. The average Bonchev–Trinajstić information content (AvgIpc) is 2.46. The lowest BCUT2D eigenvalue weighted by atomic mass is 9.94. The standard InChI is InChI=1S/C13H13BrO6/c1-19-11(16)5-9(13(18)20-2)7-3-8(6-15)12(17)10(14)4-7/h3-4,6,9,17H,5H2,1-2H3/t9-/m1/s1. The highest BCUT2D eigenvalue weighted by atomic mass is 79.9. The van der Waals surface area contributed by atoms with Crippen molar-refractivity contribution in [2.45, 2.75) is 12.3 Å². The van der Waals surface area contributed by atoms with E-state index in [9.17, 15) is 19.5 Å². The van der Waals surface area contributed by atoms with Gasteiger partial charge in [0, 0.05) is 0 Å². The maximum absolute atomic E-state index is 11.8. The van der Waals surface area contributed by atoms with Gasteiger partial charge in [-0.15, -0.1) is 0 Å². The van der Waals surface area contributed by atoms with Crippen molar-refractivity contribution < 1.29 is 29.0 Å². The van der Waals surface area contributed by atoms with Crippen LogP contribution in [-0.4, -0.2) is 37.6 Å². The number of ether oxygens (including phenoxy) is 2. The molecule has 0 radical (unpaired) electrons. The summed E-state index contributed by atoms with van der Waals surface area (Å²) < 4.78 is 9.42. The van der Waals surface area contributed by atoms with Gasteiger partial charge in [-0.25, -0.2) is 0 Å². The lowest BCUT2D eigenvalue weighted by Gasteiger charge is -2.15. The number of aldehydes is 1. The summed E-state index contributed by atoms with van der Waals surface area (Å²) in [5.41, 5.74) is 0.377. The Hall–Kier alpha value is -1.89. The topological polar surface area (TPSA) is 89.9 Å². The van der Waals surface area contributed by atoms with Crippen molar-refractivity contribution in [2.24, 2.45) is 0 Å². The summed E-state index contributed by atoms with van der Waals surface area (Å²) in [4.78, 5) is 34.0. The molecule has 0 aliphatic heterocycles. The zero-order valence-electron chi connectivity index (χ0n) is 10.9. The Morgan fingerprint density at radius 1 is 1.35 bits per heavy atom. The molecule has 1 atom stereocenters. The summed E-state index contributed by atoms with van der Waals surface area (Å²) in [6, 6.07) is 2.78. The quantitative estimate of drug-likeness (QED) is 0.646. The number of phenols is 1. The predicted molar refractivity (Wildman–Crippen MR) is 72.6 cm³/mol. The molecule has 20 heavy (non-hydrogen) atoms. The van der Waals surface area contributed by atoms with Crippen LogP contribution in [0.4, 0.5) is 0 Å². The van der Waals surface area contributed by atoms with Gasteiger partial charge in [0.15, 0.2) is 6.29 Å². The molecule has 6 nitrogen and oxygen atoms in total. The molecule has 0 aliphatic carbocycles. The highest BCUT2D eigenvalue weighted by molar-refractivity contribution is 9.10. The lowest BCUT2D eigenvalue weighted by Crippen LogP contribution is -2.19. The van der Waals surface area contributed by atoms with Gasteiger partial charge in [-0.3, -0.25) is 14.4 Å². The molecule has 0 heterocycles. The van der Waals surface area contributed by atoms with Crippen molar-refractivity contribution >= 4 is 34.2 Å². The maximum atomic E-state index is 11.8. The van der Waals surface area contributed by atoms with Crippen molar-refractivity contribution in [3.05, 3.63) is 27.7 Å². The number of benzene rings is 1. The number of aromatic hydroxyl groups is 1. The molecule has 1 rings (SSSR count). The first-order chi connectivity index (χ1) is 9.44. The van der Waals surface area contributed by atoms with E-state index in [2.05, 4.69) is 25.4 Å². The number of hydrogen-bond donors (Lipinski definition) is 1. The summed E-state index contributed by atoms with van der Waals surface area (Å²) in [5, 5.41) is 9.64. The molecule has 0 aliphatic rings. The van der Waals surface area contributed by atoms with Gasteiger partial charge in [0.1, 0.15) is 5.75 Å². The first kappa shape index (κ1) is 16.2. The number of methoxy groups -OCH3 is 2. The summed E-state index contributed by atoms with van der Waals surface area (Å²) in [6.07, 6.45) is 0.231. The number of esters is 2. The number of hydrogen-bond acceptors (Lipinski definition) is 6. The van der Waals surface area contributed by atoms with E-state index in [0.717, 1.165) is 0 Å². The molecule has 0 spiro atoms. The molecule has 0 saturated carbocycles. The van der Waals surface area contributed by atoms with Crippen LogP contribution in [0.1, 0.15) is 28.3 Å². The summed E-state index contributed by atoms with van der Waals surface area (Å²) >= 11 is 3.08. The van der Waals surface area contributed by atoms with Gasteiger partial charge >= 0.3 is 11.9 Å². The fraction of sp³-hybridized carbons (Fsp3) is 0.308. The van der Waals surface area contributed by atoms with E-state index in [4.69, 9.17) is 0 Å². The van der Waals surface area contributed by atoms with Crippen molar-refractivity contribution in [2.75, 3.05) is 14.2 Å². The Labute approximate surface area is 123 Å². The van der Waals surface area contributed by atoms with Crippen molar-refractivity contribution in [3.8, 4) is 5.75 Å². The van der Waals surface area contributed by atoms with E-state index in [-0.39, 0.29) is 22.2 Å². The number of rotatable bonds is 5. The minimum Gasteiger partial charge on any atom is -0.506 e. The molecule has 1 aromatic carbocycles. The van der Waals surface area contributed by atoms with Gasteiger partial charge in [-0.2, -0.15) is 0 Å². The molecule has 7 heteroatoms. The molecule has 0 saturated heterocycles. The number of carbonyl (C=O) groups is 3. The predicted octanol–water partition coefficient (Wildman–Crippen LogP) is 1.79. The molecule has 108 valence electrons. The molecule has 0 unspecified atom stereocenters. The fourth-order valence-electron chi connectivity index (χ4n) is 1.66. The molecular weight excluding hydrogens is 332 g/mol. The molecule has 1 aromatic rings. The van der Waals surface area contributed by atoms with E-state index in [1.165, 1.54) is 26.4 Å². The van der Waals surface area contributed by atoms with Crippen molar-refractivity contribution in [3.63, 3.8) is 0 Å². The van der Waals surface area contributed by atoms with Crippen LogP contribution in [0.2, 0.25) is 0 Å². The molecular formula is C13H13BrO6. The monoisotopic (exact) mass is 344 g/mol. The second-order valence-electron chi connectivity index (χ2n) is 3.91. The van der Waals surface area contributed by atoms with Crippen LogP contribution >= 0.6 is 15.9 Å². The number of carbonyl (C=O) groups excluding carboxylic acids is 3. The normalized spacial score (nSPS) is 11.6. The summed E-state index contributed by atoms with van der Waals surface area (Å²) in [6.45, 7) is 0. The Bertz CT molecular complexity index is 540. The van der Waals surface area contributed by atoms with E-state index in [1.807, 2.05) is 0 Å². The van der Waals surface area contributed by atoms with Crippen molar-refractivity contribution in [1.82, 2.24) is 0 Å². The molecule has 0 amide bonds. The Morgan fingerprint density at radius 3 is 2.50 bits per heavy atom. The first-order valence-corrected chi connectivity index (χ1v) is 6.36. The average molecular weight is 345 g/mol. The molecule has 1 N–H and O–H groups in total. The van der Waals surface area contributed by atoms with E-state index < -0.39 is 17.9 Å². The van der Waals surface area contributed by atoms with Gasteiger partial charge in [0.25, 0.3) is 0 Å². The van der Waals surface area contributed by atoms with Gasteiger partial charge in [0.2, 0.25) is 0 Å². The lowest BCUT2D eigenvalue weighted by molar-refractivity contribution is -0.149. The SMILES string of the molecule is COC(=O)C[C@@H](C(=O)OC)c1cc(Br)c(O)c(C=O)c1. The smallest absolute Gasteiger partial charge is 0.313 e. The molecule has 0 fully saturated rings. The van der Waals surface area contributed by atoms with Crippen LogP contribution in [0.25, 0.3) is 0 Å². The van der Waals surface area contributed by atoms with Crippen LogP contribution in [0, 0.1) is 0 Å². The van der Waals surface area contributed by atoms with Gasteiger partial charge < -0.3 is 14.6 Å². The second-order valence-corrected chi connectivity index (χ2v) is 4.77. The van der Waals surface area contributed by atoms with E-state index in [1.54, 1.807) is 0 Å². The van der Waals surface area contributed by atoms with Gasteiger partial charge in [0.05, 0.1) is 36.6 Å². The molecule has 0 bridgehead atoms. The first-order valence-electron chi connectivity index (χ1n) is 5.56. The van der Waals surface area contributed by atoms with Crippen LogP contribution in [0.5, 0.6) is 5.75 Å². The third-order valence-corrected chi connectivity index (χ3v) is 3.33. The second kappa shape index (κ2) is 7.04. The highest BCUT2D eigenvalue weighted by Crippen LogP contribution is 2.33. The zero-order chi connectivity index (χ0) is 15.3. The minimum absolute atomic E-state index is 0.00754. The number of halogens is 1. The van der Waals surface area contributed by atoms with E-state index >= 15 is 0 Å².